The number of hydrogen-bond acceptors (Lipinski definition) is 10. The highest BCUT2D eigenvalue weighted by molar-refractivity contribution is 6.30. The number of nitrogen functional groups attached to an aromatic ring is 1. The number of halogens is 1. The zero-order chi connectivity index (χ0) is 37.2. The summed E-state index contributed by atoms with van der Waals surface area (Å²) in [5.74, 6) is 7.25. The van der Waals surface area contributed by atoms with Gasteiger partial charge in [0.05, 0.1) is 18.9 Å². The summed E-state index contributed by atoms with van der Waals surface area (Å²) in [6, 6.07) is 7.13. The second kappa shape index (κ2) is 26.8. The van der Waals surface area contributed by atoms with Gasteiger partial charge in [0.1, 0.15) is 5.69 Å². The Morgan fingerprint density at radius 2 is 1.61 bits per heavy atom. The van der Waals surface area contributed by atoms with E-state index in [1.54, 1.807) is 23.2 Å². The summed E-state index contributed by atoms with van der Waals surface area (Å²) >= 11 is 6.13. The van der Waals surface area contributed by atoms with E-state index in [4.69, 9.17) is 39.1 Å². The number of nitrogens with zero attached hydrogens (tertiary/aromatic N) is 3. The van der Waals surface area contributed by atoms with Gasteiger partial charge in [-0.15, -0.1) is 25.7 Å². The van der Waals surface area contributed by atoms with E-state index in [1.165, 1.54) is 44.9 Å². The Hall–Kier alpha value is -4.13. The maximum Gasteiger partial charge on any atom is 0.411 e. The molecule has 2 unspecified atom stereocenters. The number of amides is 1. The van der Waals surface area contributed by atoms with E-state index in [1.807, 2.05) is 19.9 Å². The zero-order valence-corrected chi connectivity index (χ0v) is 30.4. The second-order valence-electron chi connectivity index (χ2n) is 11.3. The predicted molar refractivity (Wildman–Crippen MR) is 204 cm³/mol. The van der Waals surface area contributed by atoms with E-state index in [0.717, 1.165) is 44.7 Å². The Balaban J connectivity index is 0.000000890. The van der Waals surface area contributed by atoms with E-state index in [2.05, 4.69) is 71.7 Å². The predicted octanol–water partition coefficient (Wildman–Crippen LogP) is 7.12. The summed E-state index contributed by atoms with van der Waals surface area (Å²) in [5.41, 5.74) is 12.9. The molecule has 5 rings (SSSR count). The van der Waals surface area contributed by atoms with E-state index >= 15 is 0 Å². The average Bonchev–Trinajstić information content (AvgIpc) is 3.12. The molecule has 270 valence electrons. The van der Waals surface area contributed by atoms with Crippen LogP contribution >= 0.6 is 11.6 Å². The lowest BCUT2D eigenvalue weighted by molar-refractivity contribution is 0.0378. The number of terminal acetylenes is 2. The van der Waals surface area contributed by atoms with E-state index in [-0.39, 0.29) is 11.6 Å². The second-order valence-corrected chi connectivity index (χ2v) is 11.8. The van der Waals surface area contributed by atoms with Crippen LogP contribution in [0.2, 0.25) is 5.02 Å². The fraction of sp³-hybridized carbons (Fsp3) is 0.514. The van der Waals surface area contributed by atoms with Crippen molar-refractivity contribution in [2.45, 2.75) is 72.6 Å². The molecule has 11 nitrogen and oxygen atoms in total. The minimum Gasteiger partial charge on any atom is -0.388 e. The summed E-state index contributed by atoms with van der Waals surface area (Å²) in [7, 11) is 0. The molecule has 2 fully saturated rings. The first-order valence-electron chi connectivity index (χ1n) is 16.8. The number of allylic oxidation sites excluding steroid dienone is 2. The number of anilines is 2. The molecule has 1 saturated carbocycles. The van der Waals surface area contributed by atoms with Crippen LogP contribution in [0.15, 0.2) is 36.4 Å². The lowest BCUT2D eigenvalue weighted by Gasteiger charge is -2.23. The quantitative estimate of drug-likeness (QED) is 0.0716. The topological polar surface area (TPSA) is 178 Å². The number of nitrogens with two attached hydrogens (primary N) is 3. The van der Waals surface area contributed by atoms with Crippen molar-refractivity contribution in [3.05, 3.63) is 47.3 Å². The van der Waals surface area contributed by atoms with Crippen LogP contribution in [0.4, 0.5) is 16.3 Å². The molecule has 1 saturated heterocycles. The van der Waals surface area contributed by atoms with E-state index in [9.17, 15) is 4.79 Å². The molecule has 0 bridgehead atoms. The Morgan fingerprint density at radius 1 is 1.04 bits per heavy atom. The molecule has 2 aromatic rings. The number of carbonyl (C=O) groups excluding carboxylic acids is 1. The van der Waals surface area contributed by atoms with E-state index in [0.29, 0.717) is 27.9 Å². The summed E-state index contributed by atoms with van der Waals surface area (Å²) in [4.78, 5) is 19.5. The van der Waals surface area contributed by atoms with Gasteiger partial charge in [-0.3, -0.25) is 11.3 Å². The first-order chi connectivity index (χ1) is 23.6. The molecular formula is C37H57ClN8O3. The highest BCUT2D eigenvalue weighted by Gasteiger charge is 2.21. The van der Waals surface area contributed by atoms with Gasteiger partial charge < -0.3 is 26.3 Å². The Kier molecular flexibility index (Phi) is 24.5. The molecule has 1 amide bonds. The standard InChI is InChI=1S/C19H23ClN6O2.C8H14.C4H10N2O.C2H6.2C2H2/c20-13-8-4-7-12(9-13)14-15(24-10-11-5-2-1-3-6-11)16(21)26-18(25-14)17(22)28-19(23)27;1-7-5-3-4-6-8(7)2;5-6-1-3-7-4-2-6;3*1-2/h4,7-9,11,22,24H,1-3,5-6,10H2,(H2,23,27)(H2,21,25,26);3-4,7-8H,5-6H2,1-2H3;1-5H2;1-2H3;2*1-2H. The summed E-state index contributed by atoms with van der Waals surface area (Å²) in [5, 5.41) is 13.5. The molecule has 0 spiro atoms. The molecular weight excluding hydrogens is 640 g/mol. The molecule has 12 heteroatoms. The molecule has 2 heterocycles. The monoisotopic (exact) mass is 696 g/mol. The van der Waals surface area contributed by atoms with Crippen LogP contribution < -0.4 is 22.6 Å². The summed E-state index contributed by atoms with van der Waals surface area (Å²) in [6.07, 6.45) is 28.2. The van der Waals surface area contributed by atoms with Crippen LogP contribution in [0, 0.1) is 48.9 Å². The molecule has 2 aliphatic carbocycles. The van der Waals surface area contributed by atoms with Crippen LogP contribution in [0.3, 0.4) is 0 Å². The lowest BCUT2D eigenvalue weighted by Crippen LogP contribution is -2.41. The Bertz CT molecular complexity index is 1290. The average molecular weight is 697 g/mol. The number of primary amides is 1. The van der Waals surface area contributed by atoms with Crippen molar-refractivity contribution in [3.63, 3.8) is 0 Å². The van der Waals surface area contributed by atoms with Gasteiger partial charge in [-0.25, -0.2) is 19.8 Å². The molecule has 2 atom stereocenters. The van der Waals surface area contributed by atoms with Crippen molar-refractivity contribution in [1.82, 2.24) is 15.0 Å². The number of rotatable bonds is 5. The Labute approximate surface area is 299 Å². The van der Waals surface area contributed by atoms with Crippen LogP contribution in [-0.4, -0.2) is 59.8 Å². The van der Waals surface area contributed by atoms with Crippen LogP contribution in [0.1, 0.15) is 78.5 Å². The van der Waals surface area contributed by atoms with Crippen LogP contribution in [-0.2, 0) is 9.47 Å². The third kappa shape index (κ3) is 17.7. The number of hydrogen-bond donors (Lipinski definition) is 5. The molecule has 8 N–H and O–H groups in total. The minimum absolute atomic E-state index is 0.130. The van der Waals surface area contributed by atoms with Gasteiger partial charge in [0.15, 0.2) is 5.82 Å². The van der Waals surface area contributed by atoms with Gasteiger partial charge in [-0.05, 0) is 55.6 Å². The van der Waals surface area contributed by atoms with Crippen LogP contribution in [0.5, 0.6) is 0 Å². The van der Waals surface area contributed by atoms with Crippen molar-refractivity contribution >= 4 is 35.1 Å². The number of benzene rings is 1. The smallest absolute Gasteiger partial charge is 0.388 e. The summed E-state index contributed by atoms with van der Waals surface area (Å²) < 4.78 is 9.61. The number of morpholine rings is 1. The molecule has 49 heavy (non-hydrogen) atoms. The highest BCUT2D eigenvalue weighted by atomic mass is 35.5. The SMILES string of the molecule is C#C.C#C.CC.CC1CC=CCC1C.N=C(OC(N)=O)c1nc(N)c(NCC2CCCCC2)c(-c2cccc(Cl)c2)n1.NN1CCOCC1. The van der Waals surface area contributed by atoms with Gasteiger partial charge in [-0.1, -0.05) is 82.8 Å². The largest absolute Gasteiger partial charge is 0.411 e. The highest BCUT2D eigenvalue weighted by Crippen LogP contribution is 2.33. The lowest BCUT2D eigenvalue weighted by atomic mass is 9.86. The van der Waals surface area contributed by atoms with Gasteiger partial charge in [0, 0.05) is 30.2 Å². The fourth-order valence-electron chi connectivity index (χ4n) is 5.05. The fourth-order valence-corrected chi connectivity index (χ4v) is 5.24. The molecule has 3 aliphatic rings. The zero-order valence-electron chi connectivity index (χ0n) is 29.7. The first-order valence-corrected chi connectivity index (χ1v) is 17.1. The third-order valence-corrected chi connectivity index (χ3v) is 8.17. The van der Waals surface area contributed by atoms with Gasteiger partial charge >= 0.3 is 6.09 Å². The Morgan fingerprint density at radius 3 is 2.08 bits per heavy atom. The summed E-state index contributed by atoms with van der Waals surface area (Å²) in [6.45, 7) is 12.7. The van der Waals surface area contributed by atoms with Crippen LogP contribution in [0.25, 0.3) is 11.3 Å². The number of nitrogens with one attached hydrogen (secondary N) is 2. The maximum absolute atomic E-state index is 11.0. The molecule has 0 radical (unpaired) electrons. The van der Waals surface area contributed by atoms with Crippen molar-refractivity contribution in [2.75, 3.05) is 43.9 Å². The number of hydrazine groups is 1. The number of aromatic nitrogens is 2. The number of carbonyl (C=O) groups is 1. The normalized spacial score (nSPS) is 18.2. The van der Waals surface area contributed by atoms with Crippen molar-refractivity contribution in [2.24, 2.45) is 29.3 Å². The van der Waals surface area contributed by atoms with Gasteiger partial charge in [0.25, 0.3) is 5.90 Å². The van der Waals surface area contributed by atoms with Gasteiger partial charge in [0.2, 0.25) is 5.82 Å². The van der Waals surface area contributed by atoms with Crippen molar-refractivity contribution in [3.8, 4) is 37.0 Å². The molecule has 1 aliphatic heterocycles. The van der Waals surface area contributed by atoms with Crippen molar-refractivity contribution in [1.29, 1.82) is 5.41 Å². The maximum atomic E-state index is 11.0. The van der Waals surface area contributed by atoms with Crippen molar-refractivity contribution < 1.29 is 14.3 Å². The first kappa shape index (κ1) is 44.9. The molecule has 1 aromatic carbocycles. The molecule has 1 aromatic heterocycles. The van der Waals surface area contributed by atoms with Gasteiger partial charge in [-0.2, -0.15) is 0 Å². The number of ether oxygens (including phenoxy) is 2. The third-order valence-electron chi connectivity index (χ3n) is 7.93. The minimum atomic E-state index is -1.11. The van der Waals surface area contributed by atoms with E-state index < -0.39 is 12.0 Å².